The Labute approximate surface area is 129 Å². The average Bonchev–Trinajstić information content (AvgIpc) is 2.61. The Morgan fingerprint density at radius 3 is 2.95 bits per heavy atom. The van der Waals surface area contributed by atoms with E-state index in [0.717, 1.165) is 30.8 Å². The Morgan fingerprint density at radius 2 is 2.24 bits per heavy atom. The van der Waals surface area contributed by atoms with Crippen LogP contribution in [-0.2, 0) is 6.54 Å². The number of thioether (sulfide) groups is 1. The van der Waals surface area contributed by atoms with Gasteiger partial charge in [-0.15, -0.1) is 0 Å². The lowest BCUT2D eigenvalue weighted by atomic mass is 10.0. The zero-order valence-corrected chi connectivity index (χ0v) is 13.3. The van der Waals surface area contributed by atoms with Crippen LogP contribution in [0.4, 0.5) is 4.39 Å². The van der Waals surface area contributed by atoms with Crippen LogP contribution in [0.15, 0.2) is 23.4 Å². The Hall–Kier alpha value is -1.27. The Bertz CT molecular complexity index is 534. The number of rotatable bonds is 3. The Kier molecular flexibility index (Phi) is 5.11. The summed E-state index contributed by atoms with van der Waals surface area (Å²) in [5, 5.41) is 11.8. The number of nitrogens with two attached hydrogens (primary N) is 1. The fourth-order valence-electron chi connectivity index (χ4n) is 2.44. The summed E-state index contributed by atoms with van der Waals surface area (Å²) in [5.74, 6) is 0.648. The number of halogens is 1. The fourth-order valence-corrected chi connectivity index (χ4v) is 3.58. The summed E-state index contributed by atoms with van der Waals surface area (Å²) >= 11 is 1.98. The lowest BCUT2D eigenvalue weighted by Gasteiger charge is -2.23. The molecule has 1 heterocycles. The van der Waals surface area contributed by atoms with Crippen molar-refractivity contribution >= 4 is 17.6 Å². The summed E-state index contributed by atoms with van der Waals surface area (Å²) in [4.78, 5) is 2.34. The van der Waals surface area contributed by atoms with Gasteiger partial charge in [0.05, 0.1) is 0 Å². The van der Waals surface area contributed by atoms with Gasteiger partial charge in [0.1, 0.15) is 5.82 Å². The van der Waals surface area contributed by atoms with E-state index in [9.17, 15) is 4.39 Å². The van der Waals surface area contributed by atoms with Crippen molar-refractivity contribution in [2.45, 2.75) is 31.6 Å². The van der Waals surface area contributed by atoms with E-state index in [1.807, 2.05) is 11.8 Å². The van der Waals surface area contributed by atoms with Gasteiger partial charge in [-0.25, -0.2) is 4.39 Å². The van der Waals surface area contributed by atoms with E-state index in [4.69, 9.17) is 10.9 Å². The largest absolute Gasteiger partial charge is 0.409 e. The third kappa shape index (κ3) is 4.35. The maximum absolute atomic E-state index is 13.4. The highest BCUT2D eigenvalue weighted by molar-refractivity contribution is 8.00. The van der Waals surface area contributed by atoms with Crippen LogP contribution in [-0.4, -0.2) is 39.5 Å². The molecule has 0 unspecified atom stereocenters. The maximum atomic E-state index is 13.4. The number of hydrogen-bond acceptors (Lipinski definition) is 4. The predicted molar refractivity (Wildman–Crippen MR) is 85.3 cm³/mol. The van der Waals surface area contributed by atoms with Gasteiger partial charge in [-0.2, -0.15) is 11.8 Å². The van der Waals surface area contributed by atoms with Gasteiger partial charge in [-0.05, 0) is 30.7 Å². The lowest BCUT2D eigenvalue weighted by molar-refractivity contribution is 0.276. The molecule has 1 aliphatic heterocycles. The van der Waals surface area contributed by atoms with Crippen LogP contribution in [0.3, 0.4) is 0 Å². The minimum Gasteiger partial charge on any atom is -0.409 e. The molecule has 0 saturated carbocycles. The standard InChI is InChI=1S/C15H22FN3OS/c1-15(2)5-6-19(7-8-21-15)10-11-3-4-12(16)9-13(11)14(17)18-20/h3-4,9,20H,5-8,10H2,1-2H3,(H2,17,18). The van der Waals surface area contributed by atoms with Gasteiger partial charge >= 0.3 is 0 Å². The summed E-state index contributed by atoms with van der Waals surface area (Å²) in [7, 11) is 0. The molecule has 0 atom stereocenters. The van der Waals surface area contributed by atoms with Gasteiger partial charge in [-0.3, -0.25) is 4.90 Å². The highest BCUT2D eigenvalue weighted by atomic mass is 32.2. The number of benzene rings is 1. The minimum atomic E-state index is -0.382. The van der Waals surface area contributed by atoms with E-state index in [-0.39, 0.29) is 11.7 Å². The summed E-state index contributed by atoms with van der Waals surface area (Å²) in [6.07, 6.45) is 1.11. The van der Waals surface area contributed by atoms with Crippen LogP contribution in [0.5, 0.6) is 0 Å². The van der Waals surface area contributed by atoms with Crippen molar-refractivity contribution in [2.24, 2.45) is 10.9 Å². The van der Waals surface area contributed by atoms with E-state index in [1.54, 1.807) is 6.07 Å². The first-order valence-corrected chi connectivity index (χ1v) is 8.02. The molecule has 0 bridgehead atoms. The van der Waals surface area contributed by atoms with Crippen LogP contribution in [0.25, 0.3) is 0 Å². The van der Waals surface area contributed by atoms with Crippen molar-refractivity contribution in [3.63, 3.8) is 0 Å². The molecule has 1 saturated heterocycles. The molecule has 6 heteroatoms. The first kappa shape index (κ1) is 16.1. The van der Waals surface area contributed by atoms with Crippen LogP contribution < -0.4 is 5.73 Å². The van der Waals surface area contributed by atoms with Crippen LogP contribution in [0.2, 0.25) is 0 Å². The normalized spacial score (nSPS) is 20.2. The Balaban J connectivity index is 2.16. The van der Waals surface area contributed by atoms with Crippen LogP contribution >= 0.6 is 11.8 Å². The van der Waals surface area contributed by atoms with Crippen molar-refractivity contribution < 1.29 is 9.60 Å². The fraction of sp³-hybridized carbons (Fsp3) is 0.533. The van der Waals surface area contributed by atoms with E-state index >= 15 is 0 Å². The quantitative estimate of drug-likeness (QED) is 0.390. The van der Waals surface area contributed by atoms with Crippen molar-refractivity contribution in [1.82, 2.24) is 4.90 Å². The third-order valence-corrected chi connectivity index (χ3v) is 5.15. The summed E-state index contributed by atoms with van der Waals surface area (Å²) in [6.45, 7) is 7.19. The van der Waals surface area contributed by atoms with Crippen molar-refractivity contribution in [2.75, 3.05) is 18.8 Å². The summed E-state index contributed by atoms with van der Waals surface area (Å²) in [6, 6.07) is 4.45. The first-order chi connectivity index (χ1) is 9.91. The lowest BCUT2D eigenvalue weighted by Crippen LogP contribution is -2.28. The molecule has 21 heavy (non-hydrogen) atoms. The second kappa shape index (κ2) is 6.66. The maximum Gasteiger partial charge on any atom is 0.170 e. The van der Waals surface area contributed by atoms with Gasteiger partial charge in [0.25, 0.3) is 0 Å². The number of oxime groups is 1. The van der Waals surface area contributed by atoms with Gasteiger partial charge in [-0.1, -0.05) is 25.1 Å². The van der Waals surface area contributed by atoms with Crippen LogP contribution in [0.1, 0.15) is 31.4 Å². The third-order valence-electron chi connectivity index (χ3n) is 3.78. The molecular formula is C15H22FN3OS. The zero-order chi connectivity index (χ0) is 15.5. The monoisotopic (exact) mass is 311 g/mol. The molecule has 0 aromatic heterocycles. The van der Waals surface area contributed by atoms with Crippen molar-refractivity contribution in [3.8, 4) is 0 Å². The smallest absolute Gasteiger partial charge is 0.170 e. The van der Waals surface area contributed by atoms with E-state index in [2.05, 4.69) is 23.9 Å². The second-order valence-electron chi connectivity index (χ2n) is 5.92. The van der Waals surface area contributed by atoms with E-state index in [0.29, 0.717) is 16.9 Å². The Morgan fingerprint density at radius 1 is 1.48 bits per heavy atom. The molecule has 0 radical (unpaired) electrons. The van der Waals surface area contributed by atoms with Crippen molar-refractivity contribution in [1.29, 1.82) is 0 Å². The minimum absolute atomic E-state index is 0.0472. The molecular weight excluding hydrogens is 289 g/mol. The molecule has 1 aliphatic rings. The van der Waals surface area contributed by atoms with Gasteiger partial charge in [0.15, 0.2) is 5.84 Å². The zero-order valence-electron chi connectivity index (χ0n) is 12.5. The highest BCUT2D eigenvalue weighted by Gasteiger charge is 2.24. The summed E-state index contributed by atoms with van der Waals surface area (Å²) in [5.41, 5.74) is 7.01. The molecule has 1 fully saturated rings. The van der Waals surface area contributed by atoms with Gasteiger partial charge in [0, 0.05) is 29.2 Å². The molecule has 0 aliphatic carbocycles. The molecule has 116 valence electrons. The molecule has 3 N–H and O–H groups in total. The van der Waals surface area contributed by atoms with Crippen LogP contribution in [0, 0.1) is 5.82 Å². The average molecular weight is 311 g/mol. The van der Waals surface area contributed by atoms with E-state index in [1.165, 1.54) is 12.1 Å². The SMILES string of the molecule is CC1(C)CCN(Cc2ccc(F)cc2/C(N)=N/O)CCS1. The second-order valence-corrected chi connectivity index (χ2v) is 7.72. The topological polar surface area (TPSA) is 61.8 Å². The van der Waals surface area contributed by atoms with Crippen molar-refractivity contribution in [3.05, 3.63) is 35.1 Å². The highest BCUT2D eigenvalue weighted by Crippen LogP contribution is 2.31. The number of hydrogen-bond donors (Lipinski definition) is 2. The van der Waals surface area contributed by atoms with Gasteiger partial charge in [0.2, 0.25) is 0 Å². The molecule has 1 aromatic carbocycles. The number of amidine groups is 1. The molecule has 2 rings (SSSR count). The number of nitrogens with zero attached hydrogens (tertiary/aromatic N) is 2. The predicted octanol–water partition coefficient (Wildman–Crippen LogP) is 2.64. The molecule has 4 nitrogen and oxygen atoms in total. The molecule has 0 spiro atoms. The van der Waals surface area contributed by atoms with Gasteiger partial charge < -0.3 is 10.9 Å². The van der Waals surface area contributed by atoms with E-state index < -0.39 is 0 Å². The first-order valence-electron chi connectivity index (χ1n) is 7.04. The summed E-state index contributed by atoms with van der Waals surface area (Å²) < 4.78 is 13.7. The molecule has 0 amide bonds. The molecule has 1 aromatic rings.